The van der Waals surface area contributed by atoms with Crippen LogP contribution in [0.2, 0.25) is 0 Å². The van der Waals surface area contributed by atoms with Crippen molar-refractivity contribution in [2.45, 2.75) is 36.4 Å². The van der Waals surface area contributed by atoms with Gasteiger partial charge in [-0.2, -0.15) is 4.31 Å². The van der Waals surface area contributed by atoms with Crippen molar-refractivity contribution in [3.05, 3.63) is 102 Å². The molecule has 1 aliphatic rings. The molecular weight excluding hydrogens is 542 g/mol. The topological polar surface area (TPSA) is 138 Å². The fraction of sp³-hybridized carbons (Fsp3) is 0.233. The first kappa shape index (κ1) is 28.1. The lowest BCUT2D eigenvalue weighted by molar-refractivity contribution is -0.128. The van der Waals surface area contributed by atoms with Crippen molar-refractivity contribution < 1.29 is 22.8 Å². The SMILES string of the molecule is O=C(N[C@@H](Cc1ccccc1)C(=O)NC1CCCN(S(=O)(=O)c2ccccn2)CC1=O)c1cccc2cccnc12. The molecule has 210 valence electrons. The molecule has 41 heavy (non-hydrogen) atoms. The molecule has 2 N–H and O–H groups in total. The van der Waals surface area contributed by atoms with E-state index in [1.165, 1.54) is 12.3 Å². The first-order chi connectivity index (χ1) is 19.8. The Morgan fingerprint density at radius 2 is 1.68 bits per heavy atom. The van der Waals surface area contributed by atoms with Gasteiger partial charge in [0.05, 0.1) is 23.7 Å². The number of ketones is 1. The van der Waals surface area contributed by atoms with Gasteiger partial charge in [-0.05, 0) is 42.7 Å². The highest BCUT2D eigenvalue weighted by atomic mass is 32.2. The van der Waals surface area contributed by atoms with Crippen LogP contribution in [0.5, 0.6) is 0 Å². The lowest BCUT2D eigenvalue weighted by Gasteiger charge is -2.23. The van der Waals surface area contributed by atoms with Crippen molar-refractivity contribution in [3.8, 4) is 0 Å². The summed E-state index contributed by atoms with van der Waals surface area (Å²) in [4.78, 5) is 48.4. The Morgan fingerprint density at radius 3 is 2.46 bits per heavy atom. The van der Waals surface area contributed by atoms with E-state index in [1.54, 1.807) is 36.5 Å². The van der Waals surface area contributed by atoms with Crippen LogP contribution in [0.1, 0.15) is 28.8 Å². The second kappa shape index (κ2) is 12.4. The van der Waals surface area contributed by atoms with Crippen LogP contribution < -0.4 is 10.6 Å². The van der Waals surface area contributed by atoms with Crippen LogP contribution in [0, 0.1) is 0 Å². The normalized spacial score (nSPS) is 17.0. The van der Waals surface area contributed by atoms with Crippen LogP contribution in [-0.2, 0) is 26.0 Å². The van der Waals surface area contributed by atoms with Gasteiger partial charge in [0.1, 0.15) is 6.04 Å². The van der Waals surface area contributed by atoms with Gasteiger partial charge in [0.2, 0.25) is 5.91 Å². The van der Waals surface area contributed by atoms with Gasteiger partial charge < -0.3 is 10.6 Å². The number of hydrogen-bond donors (Lipinski definition) is 2. The van der Waals surface area contributed by atoms with Gasteiger partial charge in [0.15, 0.2) is 10.8 Å². The summed E-state index contributed by atoms with van der Waals surface area (Å²) < 4.78 is 27.2. The van der Waals surface area contributed by atoms with Gasteiger partial charge >= 0.3 is 0 Å². The highest BCUT2D eigenvalue weighted by Crippen LogP contribution is 2.19. The predicted octanol–water partition coefficient (Wildman–Crippen LogP) is 2.51. The zero-order chi connectivity index (χ0) is 28.8. The number of aromatic nitrogens is 2. The highest BCUT2D eigenvalue weighted by Gasteiger charge is 2.35. The maximum atomic E-state index is 13.6. The Bertz CT molecular complexity index is 1660. The third-order valence-corrected chi connectivity index (χ3v) is 8.72. The number of nitrogens with zero attached hydrogens (tertiary/aromatic N) is 3. The number of Topliss-reactive ketones (excluding diaryl/α,β-unsaturated/α-hetero) is 1. The van der Waals surface area contributed by atoms with Gasteiger partial charge in [-0.25, -0.2) is 13.4 Å². The van der Waals surface area contributed by atoms with E-state index in [9.17, 15) is 22.8 Å². The first-order valence-corrected chi connectivity index (χ1v) is 14.7. The third kappa shape index (κ3) is 6.47. The molecule has 10 nitrogen and oxygen atoms in total. The van der Waals surface area contributed by atoms with E-state index < -0.39 is 39.7 Å². The van der Waals surface area contributed by atoms with Gasteiger partial charge in [0, 0.05) is 30.7 Å². The molecule has 0 aliphatic carbocycles. The maximum absolute atomic E-state index is 13.6. The van der Waals surface area contributed by atoms with Crippen LogP contribution in [0.4, 0.5) is 0 Å². The van der Waals surface area contributed by atoms with E-state index in [0.29, 0.717) is 17.5 Å². The summed E-state index contributed by atoms with van der Waals surface area (Å²) in [7, 11) is -3.97. The fourth-order valence-corrected chi connectivity index (χ4v) is 6.22. The average Bonchev–Trinajstić information content (AvgIpc) is 3.18. The van der Waals surface area contributed by atoms with E-state index in [-0.39, 0.29) is 31.0 Å². The Kier molecular flexibility index (Phi) is 8.46. The number of para-hydroxylation sites is 1. The Hall–Kier alpha value is -4.48. The third-order valence-electron chi connectivity index (χ3n) is 6.96. The smallest absolute Gasteiger partial charge is 0.260 e. The number of carbonyl (C=O) groups is 3. The van der Waals surface area contributed by atoms with Crippen molar-refractivity contribution in [1.29, 1.82) is 0 Å². The summed E-state index contributed by atoms with van der Waals surface area (Å²) in [5, 5.41) is 6.27. The number of rotatable bonds is 8. The number of amides is 2. The molecule has 1 unspecified atom stereocenters. The molecule has 5 rings (SSSR count). The second-order valence-electron chi connectivity index (χ2n) is 9.77. The van der Waals surface area contributed by atoms with Gasteiger partial charge in [0.25, 0.3) is 15.9 Å². The minimum absolute atomic E-state index is 0.120. The van der Waals surface area contributed by atoms with Crippen LogP contribution in [0.15, 0.2) is 96.3 Å². The molecule has 2 aromatic carbocycles. The lowest BCUT2D eigenvalue weighted by Crippen LogP contribution is -2.53. The number of benzene rings is 2. The molecule has 1 aliphatic heterocycles. The van der Waals surface area contributed by atoms with Gasteiger partial charge in [-0.3, -0.25) is 19.4 Å². The summed E-state index contributed by atoms with van der Waals surface area (Å²) in [6.07, 6.45) is 3.79. The van der Waals surface area contributed by atoms with E-state index >= 15 is 0 Å². The largest absolute Gasteiger partial charge is 0.344 e. The summed E-state index contributed by atoms with van der Waals surface area (Å²) in [5.41, 5.74) is 1.67. The summed E-state index contributed by atoms with van der Waals surface area (Å²) in [6, 6.07) is 20.8. The lowest BCUT2D eigenvalue weighted by atomic mass is 10.0. The first-order valence-electron chi connectivity index (χ1n) is 13.3. The van der Waals surface area contributed by atoms with Crippen molar-refractivity contribution in [2.24, 2.45) is 0 Å². The van der Waals surface area contributed by atoms with Gasteiger partial charge in [-0.1, -0.05) is 54.6 Å². The van der Waals surface area contributed by atoms with Crippen molar-refractivity contribution in [2.75, 3.05) is 13.1 Å². The summed E-state index contributed by atoms with van der Waals surface area (Å²) in [6.45, 7) is -0.267. The zero-order valence-electron chi connectivity index (χ0n) is 22.1. The van der Waals surface area contributed by atoms with E-state index in [1.807, 2.05) is 42.5 Å². The predicted molar refractivity (Wildman–Crippen MR) is 152 cm³/mol. The number of hydrogen-bond acceptors (Lipinski definition) is 7. The van der Waals surface area contributed by atoms with Crippen molar-refractivity contribution in [1.82, 2.24) is 24.9 Å². The molecule has 2 atom stereocenters. The molecule has 0 saturated carbocycles. The molecule has 3 heterocycles. The highest BCUT2D eigenvalue weighted by molar-refractivity contribution is 7.89. The van der Waals surface area contributed by atoms with E-state index in [0.717, 1.165) is 15.3 Å². The number of sulfonamides is 1. The quantitative estimate of drug-likeness (QED) is 0.331. The number of fused-ring (bicyclic) bond motifs is 1. The Labute approximate surface area is 237 Å². The van der Waals surface area contributed by atoms with Crippen molar-refractivity contribution in [3.63, 3.8) is 0 Å². The van der Waals surface area contributed by atoms with Crippen LogP contribution in [0.3, 0.4) is 0 Å². The average molecular weight is 572 g/mol. The molecule has 1 fully saturated rings. The van der Waals surface area contributed by atoms with Crippen LogP contribution in [-0.4, -0.2) is 65.5 Å². The molecule has 11 heteroatoms. The Balaban J connectivity index is 1.33. The number of nitrogens with one attached hydrogen (secondary N) is 2. The zero-order valence-corrected chi connectivity index (χ0v) is 23.0. The molecule has 1 saturated heterocycles. The summed E-state index contributed by atoms with van der Waals surface area (Å²) in [5.74, 6) is -1.43. The van der Waals surface area contributed by atoms with E-state index in [2.05, 4.69) is 20.6 Å². The molecule has 0 radical (unpaired) electrons. The fourth-order valence-electron chi connectivity index (χ4n) is 4.84. The molecule has 4 aromatic rings. The molecule has 0 spiro atoms. The van der Waals surface area contributed by atoms with Crippen LogP contribution >= 0.6 is 0 Å². The molecule has 2 aromatic heterocycles. The molecular formula is C30H29N5O5S. The van der Waals surface area contributed by atoms with E-state index in [4.69, 9.17) is 0 Å². The number of pyridine rings is 2. The monoisotopic (exact) mass is 571 g/mol. The van der Waals surface area contributed by atoms with Crippen LogP contribution in [0.25, 0.3) is 10.9 Å². The number of carbonyl (C=O) groups excluding carboxylic acids is 3. The minimum Gasteiger partial charge on any atom is -0.344 e. The molecule has 2 amide bonds. The maximum Gasteiger partial charge on any atom is 0.260 e. The minimum atomic E-state index is -3.97. The van der Waals surface area contributed by atoms with Gasteiger partial charge in [-0.15, -0.1) is 0 Å². The molecule has 0 bridgehead atoms. The summed E-state index contributed by atoms with van der Waals surface area (Å²) >= 11 is 0. The Morgan fingerprint density at radius 1 is 0.927 bits per heavy atom. The van der Waals surface area contributed by atoms with Crippen molar-refractivity contribution >= 4 is 38.5 Å². The standard InChI is InChI=1S/C30H29N5O5S/c36-26-20-35(41(39,40)27-15-4-5-16-31-27)18-8-14-24(26)33-30(38)25(19-21-9-2-1-3-10-21)34-29(37)23-13-6-11-22-12-7-17-32-28(22)23/h1-7,9-13,15-17,24-25H,8,14,18-20H2,(H,33,38)(H,34,37)/t24?,25-/m0/s1. The second-order valence-corrected chi connectivity index (χ2v) is 11.7.